The zero-order valence-electron chi connectivity index (χ0n) is 9.94. The third-order valence-electron chi connectivity index (χ3n) is 3.41. The van der Waals surface area contributed by atoms with E-state index in [0.29, 0.717) is 31.4 Å². The van der Waals surface area contributed by atoms with Crippen LogP contribution < -0.4 is 5.32 Å². The van der Waals surface area contributed by atoms with E-state index in [4.69, 9.17) is 0 Å². The fourth-order valence-electron chi connectivity index (χ4n) is 2.50. The lowest BCUT2D eigenvalue weighted by Gasteiger charge is -2.24. The minimum Gasteiger partial charge on any atom is -0.321 e. The highest BCUT2D eigenvalue weighted by molar-refractivity contribution is 9.11. The Morgan fingerprint density at radius 2 is 2.16 bits per heavy atom. The molecule has 2 aliphatic rings. The van der Waals surface area contributed by atoms with Crippen LogP contribution >= 0.6 is 27.3 Å². The molecule has 3 heterocycles. The number of amides is 3. The number of rotatable bonds is 1. The van der Waals surface area contributed by atoms with Crippen molar-refractivity contribution in [2.45, 2.75) is 31.8 Å². The van der Waals surface area contributed by atoms with Crippen LogP contribution in [0.2, 0.25) is 0 Å². The second kappa shape index (κ2) is 4.72. The largest absolute Gasteiger partial charge is 0.321 e. The van der Waals surface area contributed by atoms with Crippen molar-refractivity contribution in [1.82, 2.24) is 10.2 Å². The van der Waals surface area contributed by atoms with Gasteiger partial charge in [0.25, 0.3) is 5.91 Å². The van der Waals surface area contributed by atoms with E-state index in [9.17, 15) is 14.4 Å². The summed E-state index contributed by atoms with van der Waals surface area (Å²) in [6, 6.07) is 1.26. The first kappa shape index (κ1) is 12.8. The van der Waals surface area contributed by atoms with Crippen molar-refractivity contribution in [2.75, 3.05) is 0 Å². The molecule has 3 rings (SSSR count). The molecule has 0 unspecified atom stereocenters. The van der Waals surface area contributed by atoms with Gasteiger partial charge >= 0.3 is 0 Å². The molecule has 0 spiro atoms. The van der Waals surface area contributed by atoms with Gasteiger partial charge in [-0.1, -0.05) is 0 Å². The SMILES string of the molecule is O=C1CCC[C@H](N2Cc3sc(Br)cc3C2=O)C(=O)N1. The highest BCUT2D eigenvalue weighted by atomic mass is 79.9. The van der Waals surface area contributed by atoms with Gasteiger partial charge in [0.15, 0.2) is 0 Å². The van der Waals surface area contributed by atoms with Crippen molar-refractivity contribution in [3.63, 3.8) is 0 Å². The van der Waals surface area contributed by atoms with Crippen molar-refractivity contribution in [3.8, 4) is 0 Å². The first-order chi connectivity index (χ1) is 9.06. The Kier molecular flexibility index (Phi) is 3.18. The predicted molar refractivity (Wildman–Crippen MR) is 72.7 cm³/mol. The molecule has 1 aromatic heterocycles. The molecular formula is C12H11BrN2O3S. The molecule has 0 aromatic carbocycles. The second-order valence-corrected chi connectivity index (χ2v) is 7.16. The number of hydrogen-bond donors (Lipinski definition) is 1. The summed E-state index contributed by atoms with van der Waals surface area (Å²) in [5.74, 6) is -0.729. The Labute approximate surface area is 122 Å². The molecule has 5 nitrogen and oxygen atoms in total. The summed E-state index contributed by atoms with van der Waals surface area (Å²) in [6.07, 6.45) is 1.51. The minimum absolute atomic E-state index is 0.119. The molecule has 1 atom stereocenters. The molecule has 1 N–H and O–H groups in total. The predicted octanol–water partition coefficient (Wildman–Crippen LogP) is 1.66. The van der Waals surface area contributed by atoms with Crippen LogP contribution in [0.25, 0.3) is 0 Å². The molecule has 3 amide bonds. The maximum absolute atomic E-state index is 12.3. The Morgan fingerprint density at radius 3 is 2.89 bits per heavy atom. The van der Waals surface area contributed by atoms with Crippen LogP contribution in [0.3, 0.4) is 0 Å². The molecule has 2 aliphatic heterocycles. The van der Waals surface area contributed by atoms with Crippen LogP contribution in [0.1, 0.15) is 34.5 Å². The highest BCUT2D eigenvalue weighted by Crippen LogP contribution is 2.35. The Bertz CT molecular complexity index is 584. The van der Waals surface area contributed by atoms with Gasteiger partial charge in [-0.15, -0.1) is 11.3 Å². The maximum Gasteiger partial charge on any atom is 0.256 e. The zero-order chi connectivity index (χ0) is 13.6. The number of carbonyl (C=O) groups is 3. The molecule has 7 heteroatoms. The zero-order valence-corrected chi connectivity index (χ0v) is 12.3. The van der Waals surface area contributed by atoms with E-state index in [0.717, 1.165) is 8.66 Å². The Hall–Kier alpha value is -1.21. The normalized spacial score (nSPS) is 23.3. The quantitative estimate of drug-likeness (QED) is 0.789. The molecule has 1 aromatic rings. The van der Waals surface area contributed by atoms with E-state index in [1.807, 2.05) is 0 Å². The van der Waals surface area contributed by atoms with Crippen LogP contribution in [0.4, 0.5) is 0 Å². The van der Waals surface area contributed by atoms with Crippen molar-refractivity contribution in [2.24, 2.45) is 0 Å². The second-order valence-electron chi connectivity index (χ2n) is 4.64. The summed E-state index contributed by atoms with van der Waals surface area (Å²) in [5, 5.41) is 2.34. The number of halogens is 1. The van der Waals surface area contributed by atoms with Gasteiger partial charge in [-0.05, 0) is 34.8 Å². The van der Waals surface area contributed by atoms with Gasteiger partial charge in [0.1, 0.15) is 6.04 Å². The van der Waals surface area contributed by atoms with E-state index in [2.05, 4.69) is 21.2 Å². The van der Waals surface area contributed by atoms with E-state index in [1.165, 1.54) is 11.3 Å². The third-order valence-corrected chi connectivity index (χ3v) is 5.03. The molecular weight excluding hydrogens is 332 g/mol. The van der Waals surface area contributed by atoms with Crippen molar-refractivity contribution in [1.29, 1.82) is 0 Å². The van der Waals surface area contributed by atoms with Gasteiger partial charge in [-0.3, -0.25) is 19.7 Å². The fourth-order valence-corrected chi connectivity index (χ4v) is 4.18. The fraction of sp³-hybridized carbons (Fsp3) is 0.417. The molecule has 0 aliphatic carbocycles. The van der Waals surface area contributed by atoms with Crippen LogP contribution in [-0.4, -0.2) is 28.7 Å². The molecule has 0 radical (unpaired) electrons. The molecule has 19 heavy (non-hydrogen) atoms. The van der Waals surface area contributed by atoms with Gasteiger partial charge < -0.3 is 4.90 Å². The van der Waals surface area contributed by atoms with E-state index < -0.39 is 6.04 Å². The number of fused-ring (bicyclic) bond motifs is 1. The minimum atomic E-state index is -0.530. The number of hydrogen-bond acceptors (Lipinski definition) is 4. The molecule has 100 valence electrons. The lowest BCUT2D eigenvalue weighted by atomic mass is 10.1. The lowest BCUT2D eigenvalue weighted by Crippen LogP contribution is -2.46. The molecule has 0 bridgehead atoms. The monoisotopic (exact) mass is 342 g/mol. The smallest absolute Gasteiger partial charge is 0.256 e. The molecule has 1 fully saturated rings. The average molecular weight is 343 g/mol. The summed E-state index contributed by atoms with van der Waals surface area (Å²) < 4.78 is 0.922. The number of nitrogens with zero attached hydrogens (tertiary/aromatic N) is 1. The lowest BCUT2D eigenvalue weighted by molar-refractivity contribution is -0.132. The third kappa shape index (κ3) is 2.21. The number of imide groups is 1. The van der Waals surface area contributed by atoms with Gasteiger partial charge in [-0.25, -0.2) is 0 Å². The average Bonchev–Trinajstić information content (AvgIpc) is 2.77. The topological polar surface area (TPSA) is 66.5 Å². The van der Waals surface area contributed by atoms with Crippen LogP contribution in [0, 0.1) is 0 Å². The summed E-state index contributed by atoms with van der Waals surface area (Å²) in [6.45, 7) is 0.455. The maximum atomic E-state index is 12.3. The summed E-state index contributed by atoms with van der Waals surface area (Å²) >= 11 is 4.87. The number of nitrogens with one attached hydrogen (secondary N) is 1. The molecule has 0 saturated carbocycles. The van der Waals surface area contributed by atoms with Crippen molar-refractivity contribution in [3.05, 3.63) is 20.3 Å². The van der Waals surface area contributed by atoms with Gasteiger partial charge in [-0.2, -0.15) is 0 Å². The van der Waals surface area contributed by atoms with Crippen LogP contribution in [0.15, 0.2) is 9.85 Å². The first-order valence-corrected chi connectivity index (χ1v) is 7.60. The summed E-state index contributed by atoms with van der Waals surface area (Å²) in [7, 11) is 0. The number of carbonyl (C=O) groups excluding carboxylic acids is 3. The van der Waals surface area contributed by atoms with E-state index >= 15 is 0 Å². The Morgan fingerprint density at radius 1 is 1.37 bits per heavy atom. The first-order valence-electron chi connectivity index (χ1n) is 5.99. The van der Waals surface area contributed by atoms with E-state index in [1.54, 1.807) is 11.0 Å². The van der Waals surface area contributed by atoms with Crippen molar-refractivity contribution < 1.29 is 14.4 Å². The number of thiophene rings is 1. The van der Waals surface area contributed by atoms with Gasteiger partial charge in [0.05, 0.1) is 15.9 Å². The standard InChI is InChI=1S/C12H11BrN2O3S/c13-9-4-6-8(19-9)5-15(12(6)18)7-2-1-3-10(16)14-11(7)17/h4,7H,1-3,5H2,(H,14,16,17)/t7-/m0/s1. The van der Waals surface area contributed by atoms with Gasteiger partial charge in [0.2, 0.25) is 11.8 Å². The Balaban J connectivity index is 1.84. The van der Waals surface area contributed by atoms with Crippen LogP contribution in [0.5, 0.6) is 0 Å². The van der Waals surface area contributed by atoms with E-state index in [-0.39, 0.29) is 17.7 Å². The van der Waals surface area contributed by atoms with Crippen LogP contribution in [-0.2, 0) is 16.1 Å². The van der Waals surface area contributed by atoms with Gasteiger partial charge in [0, 0.05) is 11.3 Å². The summed E-state index contributed by atoms with van der Waals surface area (Å²) in [5.41, 5.74) is 0.667. The van der Waals surface area contributed by atoms with Crippen molar-refractivity contribution >= 4 is 45.0 Å². The highest BCUT2D eigenvalue weighted by Gasteiger charge is 2.38. The molecule has 1 saturated heterocycles. The summed E-state index contributed by atoms with van der Waals surface area (Å²) in [4.78, 5) is 38.1.